The second kappa shape index (κ2) is 15.7. The van der Waals surface area contributed by atoms with Crippen molar-refractivity contribution in [3.05, 3.63) is 36.5 Å². The SMILES string of the molecule is CCCC=CC=CCCCCC=CCCCCC(=O)O. The molecule has 0 aromatic heterocycles. The van der Waals surface area contributed by atoms with E-state index < -0.39 is 5.97 Å². The van der Waals surface area contributed by atoms with Crippen LogP contribution in [0.4, 0.5) is 0 Å². The number of carbonyl (C=O) groups is 1. The van der Waals surface area contributed by atoms with Gasteiger partial charge in [-0.3, -0.25) is 4.79 Å². The maximum atomic E-state index is 10.3. The van der Waals surface area contributed by atoms with Gasteiger partial charge in [-0.15, -0.1) is 0 Å². The summed E-state index contributed by atoms with van der Waals surface area (Å²) in [5, 5.41) is 8.49. The third-order valence-corrected chi connectivity index (χ3v) is 3.01. The highest BCUT2D eigenvalue weighted by atomic mass is 16.4. The summed E-state index contributed by atoms with van der Waals surface area (Å²) in [4.78, 5) is 10.3. The summed E-state index contributed by atoms with van der Waals surface area (Å²) in [6, 6.07) is 0. The van der Waals surface area contributed by atoms with Gasteiger partial charge in [0.05, 0.1) is 0 Å². The summed E-state index contributed by atoms with van der Waals surface area (Å²) in [5.41, 5.74) is 0. The monoisotopic (exact) mass is 278 g/mol. The van der Waals surface area contributed by atoms with Gasteiger partial charge >= 0.3 is 5.97 Å². The average Bonchev–Trinajstić information content (AvgIpc) is 2.43. The van der Waals surface area contributed by atoms with Crippen LogP contribution in [0.1, 0.15) is 71.1 Å². The van der Waals surface area contributed by atoms with Gasteiger partial charge in [-0.25, -0.2) is 0 Å². The van der Waals surface area contributed by atoms with Gasteiger partial charge in [0.25, 0.3) is 0 Å². The number of carboxylic acid groups (broad SMARTS) is 1. The van der Waals surface area contributed by atoms with Crippen LogP contribution in [0.2, 0.25) is 0 Å². The average molecular weight is 278 g/mol. The molecule has 1 N–H and O–H groups in total. The van der Waals surface area contributed by atoms with Crippen LogP contribution in [0.3, 0.4) is 0 Å². The van der Waals surface area contributed by atoms with E-state index in [9.17, 15) is 4.79 Å². The largest absolute Gasteiger partial charge is 0.481 e. The summed E-state index contributed by atoms with van der Waals surface area (Å²) >= 11 is 0. The number of allylic oxidation sites excluding steroid dienone is 6. The standard InChI is InChI=1S/C18H30O2/c1-2-3-4-5-6-7-8-9-10-11-12-13-14-15-16-17-18(19)20/h4-7,12-13H,2-3,8-11,14-17H2,1H3,(H,19,20). The van der Waals surface area contributed by atoms with Crippen LogP contribution < -0.4 is 0 Å². The number of unbranched alkanes of at least 4 members (excludes halogenated alkanes) is 6. The summed E-state index contributed by atoms with van der Waals surface area (Å²) in [6.07, 6.45) is 23.4. The van der Waals surface area contributed by atoms with Crippen molar-refractivity contribution in [2.24, 2.45) is 0 Å². The molecular weight excluding hydrogens is 248 g/mol. The van der Waals surface area contributed by atoms with Gasteiger partial charge in [-0.2, -0.15) is 0 Å². The topological polar surface area (TPSA) is 37.3 Å². The van der Waals surface area contributed by atoms with E-state index in [2.05, 4.69) is 43.4 Å². The molecule has 0 aromatic carbocycles. The predicted molar refractivity (Wildman–Crippen MR) is 86.9 cm³/mol. The van der Waals surface area contributed by atoms with Gasteiger partial charge in [-0.05, 0) is 51.4 Å². The highest BCUT2D eigenvalue weighted by Gasteiger charge is 1.94. The van der Waals surface area contributed by atoms with Crippen LogP contribution >= 0.6 is 0 Å². The fraction of sp³-hybridized carbons (Fsp3) is 0.611. The molecule has 0 aliphatic rings. The number of hydrogen-bond acceptors (Lipinski definition) is 1. The van der Waals surface area contributed by atoms with Crippen LogP contribution in [-0.2, 0) is 4.79 Å². The van der Waals surface area contributed by atoms with E-state index in [1.54, 1.807) is 0 Å². The molecule has 2 nitrogen and oxygen atoms in total. The first kappa shape index (κ1) is 18.7. The second-order valence-corrected chi connectivity index (χ2v) is 5.04. The van der Waals surface area contributed by atoms with Crippen LogP contribution in [-0.4, -0.2) is 11.1 Å². The van der Waals surface area contributed by atoms with Gasteiger partial charge in [0.15, 0.2) is 0 Å². The predicted octanol–water partition coefficient (Wildman–Crippen LogP) is 5.66. The number of aliphatic carboxylic acids is 1. The van der Waals surface area contributed by atoms with Gasteiger partial charge in [-0.1, -0.05) is 49.8 Å². The molecule has 0 saturated carbocycles. The fourth-order valence-electron chi connectivity index (χ4n) is 1.81. The zero-order chi connectivity index (χ0) is 14.9. The van der Waals surface area contributed by atoms with Gasteiger partial charge in [0, 0.05) is 6.42 Å². The Morgan fingerprint density at radius 2 is 1.30 bits per heavy atom. The summed E-state index contributed by atoms with van der Waals surface area (Å²) in [7, 11) is 0. The molecule has 0 fully saturated rings. The van der Waals surface area contributed by atoms with Crippen LogP contribution in [0, 0.1) is 0 Å². The molecule has 0 radical (unpaired) electrons. The normalized spacial score (nSPS) is 12.1. The van der Waals surface area contributed by atoms with Crippen molar-refractivity contribution in [2.45, 2.75) is 71.1 Å². The minimum atomic E-state index is -0.688. The molecule has 0 aliphatic heterocycles. The Hall–Kier alpha value is -1.31. The smallest absolute Gasteiger partial charge is 0.303 e. The maximum Gasteiger partial charge on any atom is 0.303 e. The summed E-state index contributed by atoms with van der Waals surface area (Å²) < 4.78 is 0. The lowest BCUT2D eigenvalue weighted by molar-refractivity contribution is -0.137. The van der Waals surface area contributed by atoms with Crippen LogP contribution in [0.25, 0.3) is 0 Å². The van der Waals surface area contributed by atoms with Crippen molar-refractivity contribution in [3.63, 3.8) is 0 Å². The highest BCUT2D eigenvalue weighted by Crippen LogP contribution is 2.05. The van der Waals surface area contributed by atoms with Crippen molar-refractivity contribution < 1.29 is 9.90 Å². The fourth-order valence-corrected chi connectivity index (χ4v) is 1.81. The van der Waals surface area contributed by atoms with Gasteiger partial charge in [0.2, 0.25) is 0 Å². The second-order valence-electron chi connectivity index (χ2n) is 5.04. The Morgan fingerprint density at radius 3 is 1.85 bits per heavy atom. The Morgan fingerprint density at radius 1 is 0.800 bits per heavy atom. The Bertz CT molecular complexity index is 301. The highest BCUT2D eigenvalue weighted by molar-refractivity contribution is 5.66. The first-order valence-corrected chi connectivity index (χ1v) is 7.95. The lowest BCUT2D eigenvalue weighted by atomic mass is 10.1. The third-order valence-electron chi connectivity index (χ3n) is 3.01. The van der Waals surface area contributed by atoms with Crippen molar-refractivity contribution in [1.29, 1.82) is 0 Å². The summed E-state index contributed by atoms with van der Waals surface area (Å²) in [6.45, 7) is 2.19. The zero-order valence-electron chi connectivity index (χ0n) is 12.9. The lowest BCUT2D eigenvalue weighted by Gasteiger charge is -1.94. The molecule has 0 atom stereocenters. The van der Waals surface area contributed by atoms with Crippen molar-refractivity contribution in [1.82, 2.24) is 0 Å². The number of rotatable bonds is 13. The molecule has 0 bridgehead atoms. The first-order chi connectivity index (χ1) is 9.77. The molecule has 0 amide bonds. The molecule has 114 valence electrons. The van der Waals surface area contributed by atoms with E-state index in [-0.39, 0.29) is 0 Å². The van der Waals surface area contributed by atoms with E-state index in [1.165, 1.54) is 25.7 Å². The van der Waals surface area contributed by atoms with Crippen molar-refractivity contribution in [3.8, 4) is 0 Å². The van der Waals surface area contributed by atoms with Gasteiger partial charge in [0.1, 0.15) is 0 Å². The molecule has 0 saturated heterocycles. The molecule has 0 unspecified atom stereocenters. The van der Waals surface area contributed by atoms with Crippen LogP contribution in [0.15, 0.2) is 36.5 Å². The molecule has 20 heavy (non-hydrogen) atoms. The maximum absolute atomic E-state index is 10.3. The molecule has 0 aromatic rings. The van der Waals surface area contributed by atoms with Crippen LogP contribution in [0.5, 0.6) is 0 Å². The minimum absolute atomic E-state index is 0.298. The van der Waals surface area contributed by atoms with Crippen molar-refractivity contribution >= 4 is 5.97 Å². The quantitative estimate of drug-likeness (QED) is 0.268. The lowest BCUT2D eigenvalue weighted by Crippen LogP contribution is -1.92. The third kappa shape index (κ3) is 16.7. The molecular formula is C18H30O2. The van der Waals surface area contributed by atoms with E-state index in [1.807, 2.05) is 0 Å². The molecule has 0 heterocycles. The summed E-state index contributed by atoms with van der Waals surface area (Å²) in [5.74, 6) is -0.688. The van der Waals surface area contributed by atoms with E-state index in [4.69, 9.17) is 5.11 Å². The van der Waals surface area contributed by atoms with Crippen molar-refractivity contribution in [2.75, 3.05) is 0 Å². The zero-order valence-corrected chi connectivity index (χ0v) is 12.9. The van der Waals surface area contributed by atoms with Gasteiger partial charge < -0.3 is 5.11 Å². The van der Waals surface area contributed by atoms with E-state index in [0.29, 0.717) is 6.42 Å². The molecule has 0 aliphatic carbocycles. The minimum Gasteiger partial charge on any atom is -0.481 e. The Kier molecular flexibility index (Phi) is 14.7. The number of hydrogen-bond donors (Lipinski definition) is 1. The number of carboxylic acids is 1. The van der Waals surface area contributed by atoms with E-state index in [0.717, 1.165) is 32.1 Å². The molecule has 0 rings (SSSR count). The molecule has 0 spiro atoms. The van der Waals surface area contributed by atoms with E-state index >= 15 is 0 Å². The first-order valence-electron chi connectivity index (χ1n) is 7.95. The Labute approximate surface area is 124 Å². The Balaban J connectivity index is 3.25. The molecule has 2 heteroatoms.